The van der Waals surface area contributed by atoms with Crippen molar-refractivity contribution in [2.24, 2.45) is 0 Å². The maximum atomic E-state index is 13.3. The van der Waals surface area contributed by atoms with Crippen molar-refractivity contribution in [2.45, 2.75) is 89.4 Å². The zero-order chi connectivity index (χ0) is 35.7. The van der Waals surface area contributed by atoms with Gasteiger partial charge in [0.2, 0.25) is 5.82 Å². The first-order chi connectivity index (χ1) is 23.0. The number of nitrogens with one attached hydrogen (secondary N) is 1. The van der Waals surface area contributed by atoms with E-state index in [-0.39, 0.29) is 29.3 Å². The second-order valence-electron chi connectivity index (χ2n) is 14.0. The van der Waals surface area contributed by atoms with E-state index in [0.29, 0.717) is 11.4 Å². The minimum atomic E-state index is -1.61. The van der Waals surface area contributed by atoms with Gasteiger partial charge in [-0.25, -0.2) is 34.2 Å². The van der Waals surface area contributed by atoms with E-state index in [0.717, 1.165) is 11.1 Å². The lowest BCUT2D eigenvalue weighted by atomic mass is 9.91. The average Bonchev–Trinajstić information content (AvgIpc) is 3.57. The Bertz CT molecular complexity index is 1730. The number of aromatic carboxylic acids is 1. The molecule has 1 aliphatic rings. The van der Waals surface area contributed by atoms with Crippen molar-refractivity contribution in [3.8, 4) is 0 Å². The number of carbonyl (C=O) groups excluding carboxylic acids is 2. The normalized spacial score (nSPS) is 19.5. The molecule has 0 spiro atoms. The van der Waals surface area contributed by atoms with Crippen molar-refractivity contribution in [3.05, 3.63) is 83.9 Å². The minimum absolute atomic E-state index is 0.0730. The second-order valence-corrected chi connectivity index (χ2v) is 14.0. The number of nitrogens with zero attached hydrogens (tertiary/aromatic N) is 5. The van der Waals surface area contributed by atoms with E-state index in [1.807, 2.05) is 60.7 Å². The number of carboxylic acid groups (broad SMARTS) is 1. The molecule has 0 aliphatic heterocycles. The van der Waals surface area contributed by atoms with Crippen LogP contribution in [0.4, 0.5) is 15.4 Å². The summed E-state index contributed by atoms with van der Waals surface area (Å²) in [5.41, 5.74) is 0.406. The van der Waals surface area contributed by atoms with Crippen LogP contribution in [0.25, 0.3) is 11.2 Å². The van der Waals surface area contributed by atoms with Crippen LogP contribution in [0.3, 0.4) is 0 Å². The van der Waals surface area contributed by atoms with Gasteiger partial charge in [0.15, 0.2) is 11.5 Å². The smallest absolute Gasteiger partial charge is 0.420 e. The third kappa shape index (κ3) is 7.98. The lowest BCUT2D eigenvalue weighted by molar-refractivity contribution is -0.0349. The van der Waals surface area contributed by atoms with Gasteiger partial charge in [-0.3, -0.25) is 0 Å². The van der Waals surface area contributed by atoms with E-state index < -0.39 is 59.5 Å². The molecule has 1 saturated carbocycles. The molecule has 260 valence electrons. The van der Waals surface area contributed by atoms with Crippen molar-refractivity contribution in [3.63, 3.8) is 0 Å². The Labute approximate surface area is 283 Å². The second kappa shape index (κ2) is 13.8. The third-order valence-electron chi connectivity index (χ3n) is 7.98. The highest BCUT2D eigenvalue weighted by molar-refractivity contribution is 5.91. The van der Waals surface area contributed by atoms with E-state index in [2.05, 4.69) is 20.3 Å². The van der Waals surface area contributed by atoms with E-state index in [1.54, 1.807) is 41.5 Å². The standard InChI is InChI=1S/C35H42N6O8/c1-34(2,3)48-32(46)41(33(47)49-35(4,5)6)24-17-23(26(42)27(24)43)40-19-37-25-28(38-29(31(44)45)39-30(25)40)36-18-22(20-13-9-7-10-14-20)21-15-11-8-12-16-21/h7-16,19,22-24,26-27,42-43H,17-18H2,1-6H3,(H,44,45)(H,36,38,39)/t23-,24+,26+,27-/m1/s1. The van der Waals surface area contributed by atoms with Gasteiger partial charge in [0.05, 0.1) is 18.4 Å². The minimum Gasteiger partial charge on any atom is -0.475 e. The molecule has 4 N–H and O–H groups in total. The summed E-state index contributed by atoms with van der Waals surface area (Å²) in [6, 6.07) is 17.4. The van der Waals surface area contributed by atoms with Crippen LogP contribution in [-0.2, 0) is 9.47 Å². The molecule has 1 aliphatic carbocycles. The van der Waals surface area contributed by atoms with E-state index in [1.165, 1.54) is 10.9 Å². The number of amides is 2. The molecule has 4 aromatic rings. The predicted octanol–water partition coefficient (Wildman–Crippen LogP) is 4.98. The highest BCUT2D eigenvalue weighted by Gasteiger charge is 2.51. The molecular formula is C35H42N6O8. The Morgan fingerprint density at radius 1 is 0.878 bits per heavy atom. The molecule has 2 amide bonds. The van der Waals surface area contributed by atoms with Gasteiger partial charge < -0.3 is 34.7 Å². The van der Waals surface area contributed by atoms with Crippen molar-refractivity contribution in [1.82, 2.24) is 24.4 Å². The number of benzene rings is 2. The summed E-state index contributed by atoms with van der Waals surface area (Å²) in [5, 5.41) is 35.8. The third-order valence-corrected chi connectivity index (χ3v) is 7.98. The molecule has 5 rings (SSSR count). The Kier molecular flexibility index (Phi) is 9.92. The Morgan fingerprint density at radius 2 is 1.41 bits per heavy atom. The Balaban J connectivity index is 1.50. The number of hydrogen-bond donors (Lipinski definition) is 4. The van der Waals surface area contributed by atoms with Crippen LogP contribution in [-0.4, -0.2) is 93.9 Å². The van der Waals surface area contributed by atoms with Gasteiger partial charge in [0.25, 0.3) is 0 Å². The van der Waals surface area contributed by atoms with Gasteiger partial charge in [-0.2, -0.15) is 0 Å². The molecule has 14 nitrogen and oxygen atoms in total. The largest absolute Gasteiger partial charge is 0.475 e. The van der Waals surface area contributed by atoms with Crippen LogP contribution in [0.1, 0.15) is 81.7 Å². The quantitative estimate of drug-likeness (QED) is 0.197. The number of imide groups is 1. The highest BCUT2D eigenvalue weighted by atomic mass is 16.6. The number of carboxylic acids is 1. The van der Waals surface area contributed by atoms with Crippen LogP contribution in [0.15, 0.2) is 67.0 Å². The van der Waals surface area contributed by atoms with Gasteiger partial charge in [-0.1, -0.05) is 60.7 Å². The van der Waals surface area contributed by atoms with E-state index >= 15 is 0 Å². The molecule has 2 heterocycles. The number of aliphatic hydroxyl groups excluding tert-OH is 2. The van der Waals surface area contributed by atoms with Crippen LogP contribution >= 0.6 is 0 Å². The summed E-state index contributed by atoms with van der Waals surface area (Å²) in [6.07, 6.45) is -4.03. The Morgan fingerprint density at radius 3 is 1.90 bits per heavy atom. The maximum Gasteiger partial charge on any atom is 0.420 e. The maximum absolute atomic E-state index is 13.3. The summed E-state index contributed by atoms with van der Waals surface area (Å²) in [6.45, 7) is 10.1. The number of fused-ring (bicyclic) bond motifs is 1. The summed E-state index contributed by atoms with van der Waals surface area (Å²) in [5.74, 6) is -1.86. The molecule has 49 heavy (non-hydrogen) atoms. The number of anilines is 1. The first-order valence-electron chi connectivity index (χ1n) is 16.0. The van der Waals surface area contributed by atoms with E-state index in [9.17, 15) is 29.7 Å². The Hall–Kier alpha value is -5.08. The van der Waals surface area contributed by atoms with Gasteiger partial charge in [0.1, 0.15) is 28.9 Å². The fraction of sp³-hybridized carbons (Fsp3) is 0.429. The number of aromatic nitrogens is 4. The number of aliphatic hydroxyl groups is 2. The van der Waals surface area contributed by atoms with E-state index in [4.69, 9.17) is 9.47 Å². The SMILES string of the molecule is CC(C)(C)OC(=O)N(C(=O)OC(C)(C)C)[C@H]1C[C@@H](n2cnc3c(NCC(c4ccccc4)c4ccccc4)nc(C(=O)O)nc32)[C@H](O)[C@@H]1O. The summed E-state index contributed by atoms with van der Waals surface area (Å²) >= 11 is 0. The summed E-state index contributed by atoms with van der Waals surface area (Å²) < 4.78 is 12.4. The first-order valence-corrected chi connectivity index (χ1v) is 16.0. The molecule has 0 radical (unpaired) electrons. The van der Waals surface area contributed by atoms with Crippen LogP contribution in [0.2, 0.25) is 0 Å². The molecule has 1 fully saturated rings. The van der Waals surface area contributed by atoms with Crippen LogP contribution in [0, 0.1) is 0 Å². The fourth-order valence-corrected chi connectivity index (χ4v) is 5.86. The average molecular weight is 675 g/mol. The van der Waals surface area contributed by atoms with Crippen molar-refractivity contribution < 1.29 is 39.2 Å². The summed E-state index contributed by atoms with van der Waals surface area (Å²) in [7, 11) is 0. The van der Waals surface area contributed by atoms with Crippen molar-refractivity contribution in [2.75, 3.05) is 11.9 Å². The van der Waals surface area contributed by atoms with Gasteiger partial charge in [-0.15, -0.1) is 0 Å². The number of imidazole rings is 1. The zero-order valence-corrected chi connectivity index (χ0v) is 28.3. The van der Waals surface area contributed by atoms with Crippen LogP contribution in [0.5, 0.6) is 0 Å². The van der Waals surface area contributed by atoms with Crippen molar-refractivity contribution >= 4 is 35.1 Å². The molecular weight excluding hydrogens is 632 g/mol. The van der Waals surface area contributed by atoms with Crippen LogP contribution < -0.4 is 5.32 Å². The number of rotatable bonds is 8. The molecule has 0 bridgehead atoms. The highest BCUT2D eigenvalue weighted by Crippen LogP contribution is 2.38. The zero-order valence-electron chi connectivity index (χ0n) is 28.3. The lowest BCUT2D eigenvalue weighted by Crippen LogP contribution is -2.52. The van der Waals surface area contributed by atoms with Crippen molar-refractivity contribution in [1.29, 1.82) is 0 Å². The topological polar surface area (TPSA) is 189 Å². The monoisotopic (exact) mass is 674 g/mol. The lowest BCUT2D eigenvalue weighted by Gasteiger charge is -2.33. The molecule has 0 saturated heterocycles. The molecule has 4 atom stereocenters. The van der Waals surface area contributed by atoms with Gasteiger partial charge in [0, 0.05) is 12.5 Å². The predicted molar refractivity (Wildman–Crippen MR) is 179 cm³/mol. The number of hydrogen-bond acceptors (Lipinski definition) is 11. The molecule has 14 heteroatoms. The molecule has 2 aromatic heterocycles. The fourth-order valence-electron chi connectivity index (χ4n) is 5.86. The number of ether oxygens (including phenoxy) is 2. The first kappa shape index (κ1) is 35.2. The van der Waals surface area contributed by atoms with Gasteiger partial charge >= 0.3 is 18.2 Å². The summed E-state index contributed by atoms with van der Waals surface area (Å²) in [4.78, 5) is 52.5. The molecule has 2 aromatic carbocycles. The molecule has 0 unspecified atom stereocenters. The number of carbonyl (C=O) groups is 3. The van der Waals surface area contributed by atoms with Gasteiger partial charge in [-0.05, 0) is 59.1 Å².